The summed E-state index contributed by atoms with van der Waals surface area (Å²) < 4.78 is 12.6. The molecule has 0 unspecified atom stereocenters. The summed E-state index contributed by atoms with van der Waals surface area (Å²) in [6, 6.07) is 17.5. The number of methoxy groups -OCH3 is 1. The zero-order valence-electron chi connectivity index (χ0n) is 17.6. The summed E-state index contributed by atoms with van der Waals surface area (Å²) in [6.45, 7) is 2.35. The fourth-order valence-corrected chi connectivity index (χ4v) is 4.08. The first-order chi connectivity index (χ1) is 15.1. The third-order valence-corrected chi connectivity index (χ3v) is 5.73. The highest BCUT2D eigenvalue weighted by Gasteiger charge is 2.09. The number of hydrogen-bond donors (Lipinski definition) is 1. The van der Waals surface area contributed by atoms with Crippen molar-refractivity contribution in [2.45, 2.75) is 6.92 Å². The molecule has 0 atom stereocenters. The smallest absolute Gasteiger partial charge is 0.205 e. The monoisotopic (exact) mass is 433 g/mol. The predicted octanol–water partition coefficient (Wildman–Crippen LogP) is 4.90. The van der Waals surface area contributed by atoms with Gasteiger partial charge in [-0.15, -0.1) is 11.3 Å². The molecular weight excluding hydrogens is 410 g/mol. The van der Waals surface area contributed by atoms with E-state index >= 15 is 0 Å². The average Bonchev–Trinajstić information content (AvgIpc) is 3.22. The molecule has 0 amide bonds. The van der Waals surface area contributed by atoms with Crippen LogP contribution in [0.3, 0.4) is 0 Å². The first kappa shape index (κ1) is 20.7. The maximum Gasteiger partial charge on any atom is 0.205 e. The summed E-state index contributed by atoms with van der Waals surface area (Å²) in [6.07, 6.45) is 1.73. The van der Waals surface area contributed by atoms with Gasteiger partial charge in [-0.2, -0.15) is 5.10 Å². The normalized spacial score (nSPS) is 12.0. The van der Waals surface area contributed by atoms with Crippen LogP contribution >= 0.6 is 11.3 Å². The number of rotatable bonds is 6. The number of phenols is 1. The topological polar surface area (TPSA) is 68.3 Å². The van der Waals surface area contributed by atoms with Crippen molar-refractivity contribution in [3.05, 3.63) is 70.3 Å². The number of aromatic hydroxyl groups is 1. The molecule has 1 aromatic heterocycles. The molecule has 0 aliphatic heterocycles. The highest BCUT2D eigenvalue weighted by atomic mass is 32.1. The number of aromatic nitrogens is 1. The minimum Gasteiger partial charge on any atom is -0.504 e. The third kappa shape index (κ3) is 4.32. The van der Waals surface area contributed by atoms with Gasteiger partial charge in [-0.1, -0.05) is 18.2 Å². The van der Waals surface area contributed by atoms with E-state index in [-0.39, 0.29) is 5.75 Å². The number of nitrogens with zero attached hydrogens (tertiary/aromatic N) is 3. The van der Waals surface area contributed by atoms with E-state index in [4.69, 9.17) is 9.47 Å². The van der Waals surface area contributed by atoms with E-state index in [0.717, 1.165) is 38.1 Å². The highest BCUT2D eigenvalue weighted by Crippen LogP contribution is 2.28. The lowest BCUT2D eigenvalue weighted by Gasteiger charge is -2.08. The van der Waals surface area contributed by atoms with Crippen molar-refractivity contribution >= 4 is 28.3 Å². The van der Waals surface area contributed by atoms with Crippen LogP contribution in [0, 0.1) is 0 Å². The zero-order valence-corrected chi connectivity index (χ0v) is 18.4. The van der Waals surface area contributed by atoms with E-state index in [1.54, 1.807) is 38.6 Å². The van der Waals surface area contributed by atoms with Crippen LogP contribution in [0.2, 0.25) is 0 Å². The Morgan fingerprint density at radius 1 is 1.06 bits per heavy atom. The van der Waals surface area contributed by atoms with E-state index < -0.39 is 0 Å². The van der Waals surface area contributed by atoms with Gasteiger partial charge in [-0.05, 0) is 59.7 Å². The lowest BCUT2D eigenvalue weighted by molar-refractivity contribution is 0.318. The van der Waals surface area contributed by atoms with Gasteiger partial charge >= 0.3 is 0 Å². The molecule has 0 saturated carbocycles. The van der Waals surface area contributed by atoms with Crippen molar-refractivity contribution in [1.29, 1.82) is 0 Å². The van der Waals surface area contributed by atoms with Gasteiger partial charge in [0.25, 0.3) is 0 Å². The molecule has 0 aliphatic rings. The van der Waals surface area contributed by atoms with Crippen molar-refractivity contribution in [1.82, 2.24) is 4.68 Å². The minimum absolute atomic E-state index is 0.111. The Morgan fingerprint density at radius 3 is 2.65 bits per heavy atom. The summed E-state index contributed by atoms with van der Waals surface area (Å²) in [4.78, 5) is 5.14. The summed E-state index contributed by atoms with van der Waals surface area (Å²) in [5, 5.41) is 18.9. The second kappa shape index (κ2) is 9.06. The first-order valence-electron chi connectivity index (χ1n) is 9.84. The summed E-state index contributed by atoms with van der Waals surface area (Å²) >= 11 is 1.53. The molecule has 0 fully saturated rings. The standard InChI is InChI=1S/C24H23N3O3S/c1-4-30-23-11-16(5-10-22(23)28)14-26-27-21(15-31-24(27)25-2)19-7-6-18-13-20(29-3)9-8-17(18)12-19/h5-15,28H,4H2,1-3H3. The predicted molar refractivity (Wildman–Crippen MR) is 126 cm³/mol. The van der Waals surface area contributed by atoms with Crippen LogP contribution in [0.5, 0.6) is 17.2 Å². The SMILES string of the molecule is CCOc1cc(C=Nn2c(-c3ccc4cc(OC)ccc4c3)csc2=NC)ccc1O. The van der Waals surface area contributed by atoms with Crippen molar-refractivity contribution in [2.24, 2.45) is 10.1 Å². The van der Waals surface area contributed by atoms with Crippen LogP contribution in [0.25, 0.3) is 22.0 Å². The third-order valence-electron chi connectivity index (χ3n) is 4.83. The molecule has 4 rings (SSSR count). The number of fused-ring (bicyclic) bond motifs is 1. The van der Waals surface area contributed by atoms with Gasteiger partial charge in [0.15, 0.2) is 11.5 Å². The van der Waals surface area contributed by atoms with Crippen LogP contribution in [0.1, 0.15) is 12.5 Å². The summed E-state index contributed by atoms with van der Waals surface area (Å²) in [5.41, 5.74) is 2.81. The highest BCUT2D eigenvalue weighted by molar-refractivity contribution is 7.07. The van der Waals surface area contributed by atoms with Crippen LogP contribution in [-0.4, -0.2) is 36.8 Å². The molecular formula is C24H23N3O3S. The van der Waals surface area contributed by atoms with Crippen LogP contribution < -0.4 is 14.3 Å². The van der Waals surface area contributed by atoms with Crippen molar-refractivity contribution in [3.8, 4) is 28.5 Å². The van der Waals surface area contributed by atoms with Gasteiger partial charge in [-0.25, -0.2) is 4.68 Å². The molecule has 0 saturated heterocycles. The van der Waals surface area contributed by atoms with Gasteiger partial charge in [-0.3, -0.25) is 4.99 Å². The van der Waals surface area contributed by atoms with E-state index in [2.05, 4.69) is 34.4 Å². The Bertz CT molecular complexity index is 1320. The number of phenolic OH excluding ortho intramolecular Hbond substituents is 1. The van der Waals surface area contributed by atoms with Gasteiger partial charge < -0.3 is 14.6 Å². The molecule has 6 nitrogen and oxygen atoms in total. The maximum absolute atomic E-state index is 9.92. The van der Waals surface area contributed by atoms with E-state index in [1.807, 2.05) is 29.1 Å². The maximum atomic E-state index is 9.92. The van der Waals surface area contributed by atoms with E-state index in [1.165, 1.54) is 11.3 Å². The summed E-state index contributed by atoms with van der Waals surface area (Å²) in [7, 11) is 3.42. The Hall–Kier alpha value is -3.58. The van der Waals surface area contributed by atoms with Crippen LogP contribution in [0.4, 0.5) is 0 Å². The molecule has 7 heteroatoms. The summed E-state index contributed by atoms with van der Waals surface area (Å²) in [5.74, 6) is 1.38. The molecule has 31 heavy (non-hydrogen) atoms. The Balaban J connectivity index is 1.74. The Labute approximate surface area is 184 Å². The largest absolute Gasteiger partial charge is 0.504 e. The molecule has 0 spiro atoms. The number of ether oxygens (including phenoxy) is 2. The zero-order chi connectivity index (χ0) is 21.8. The molecule has 4 aromatic rings. The lowest BCUT2D eigenvalue weighted by atomic mass is 10.1. The molecule has 158 valence electrons. The van der Waals surface area contributed by atoms with E-state index in [0.29, 0.717) is 12.4 Å². The fraction of sp³-hybridized carbons (Fsp3) is 0.167. The number of benzene rings is 3. The van der Waals surface area contributed by atoms with Crippen molar-refractivity contribution in [3.63, 3.8) is 0 Å². The molecule has 3 aromatic carbocycles. The van der Waals surface area contributed by atoms with Crippen molar-refractivity contribution < 1.29 is 14.6 Å². The van der Waals surface area contributed by atoms with Gasteiger partial charge in [0.2, 0.25) is 4.80 Å². The fourth-order valence-electron chi connectivity index (χ4n) is 3.28. The average molecular weight is 434 g/mol. The molecule has 0 bridgehead atoms. The quantitative estimate of drug-likeness (QED) is 0.440. The van der Waals surface area contributed by atoms with E-state index in [9.17, 15) is 5.11 Å². The Morgan fingerprint density at radius 2 is 1.87 bits per heavy atom. The van der Waals surface area contributed by atoms with Crippen LogP contribution in [-0.2, 0) is 0 Å². The number of hydrogen-bond acceptors (Lipinski definition) is 6. The second-order valence-corrected chi connectivity index (χ2v) is 7.61. The lowest BCUT2D eigenvalue weighted by Crippen LogP contribution is -2.11. The first-order valence-corrected chi connectivity index (χ1v) is 10.7. The van der Waals surface area contributed by atoms with Crippen molar-refractivity contribution in [2.75, 3.05) is 20.8 Å². The van der Waals surface area contributed by atoms with Gasteiger partial charge in [0.1, 0.15) is 5.75 Å². The van der Waals surface area contributed by atoms with Crippen LogP contribution in [0.15, 0.2) is 70.1 Å². The molecule has 0 aliphatic carbocycles. The molecule has 1 heterocycles. The number of thiazole rings is 1. The van der Waals surface area contributed by atoms with Gasteiger partial charge in [0, 0.05) is 18.0 Å². The second-order valence-electron chi connectivity index (χ2n) is 6.77. The minimum atomic E-state index is 0.111. The van der Waals surface area contributed by atoms with Gasteiger partial charge in [0.05, 0.1) is 25.6 Å². The molecule has 0 radical (unpaired) electrons. The Kier molecular flexibility index (Phi) is 6.04. The molecule has 1 N–H and O–H groups in total.